The van der Waals surface area contributed by atoms with E-state index in [0.717, 1.165) is 0 Å². The molecule has 3 rings (SSSR count). The highest BCUT2D eigenvalue weighted by molar-refractivity contribution is 5.97. The molecule has 0 saturated carbocycles. The number of carboxylic acids is 1. The van der Waals surface area contributed by atoms with Gasteiger partial charge in [0.15, 0.2) is 5.52 Å². The molecule has 2 aromatic heterocycles. The van der Waals surface area contributed by atoms with E-state index in [4.69, 9.17) is 20.9 Å². The van der Waals surface area contributed by atoms with Crippen LogP contribution < -0.4 is 33.0 Å². The van der Waals surface area contributed by atoms with Crippen molar-refractivity contribution in [2.45, 2.75) is 25.4 Å². The molecule has 0 radical (unpaired) electrons. The van der Waals surface area contributed by atoms with Gasteiger partial charge in [-0.25, -0.2) is 19.7 Å². The van der Waals surface area contributed by atoms with Crippen molar-refractivity contribution in [1.29, 1.82) is 0 Å². The quantitative estimate of drug-likeness (QED) is 0.0959. The third kappa shape index (κ3) is 10.1. The average Bonchev–Trinajstić information content (AvgIpc) is 2.95. The van der Waals surface area contributed by atoms with E-state index in [2.05, 4.69) is 35.9 Å². The maximum Gasteiger partial charge on any atom is 0.326 e. The standard InChI is InChI=1S/C25H33N9O7/c26-7-9-40-11-12-41-10-8-28-20(35)6-5-17(24(38)39)31-22(36)15-1-3-16(4-2-15)29-14-19-30-13-18-21(33-19)23(37)34-25(27)32-18/h1-4,13,17,29H,5-12,14,26H2,(H,28,35)(H,31,36)(H,38,39)(H3,27,32,34,37). The van der Waals surface area contributed by atoms with Gasteiger partial charge in [0.05, 0.1) is 39.2 Å². The lowest BCUT2D eigenvalue weighted by molar-refractivity contribution is -0.139. The Labute approximate surface area is 234 Å². The predicted molar refractivity (Wildman–Crippen MR) is 148 cm³/mol. The molecule has 0 saturated heterocycles. The zero-order valence-electron chi connectivity index (χ0n) is 22.2. The Morgan fingerprint density at radius 1 is 1.05 bits per heavy atom. The summed E-state index contributed by atoms with van der Waals surface area (Å²) in [5.74, 6) is -1.90. The lowest BCUT2D eigenvalue weighted by Crippen LogP contribution is -2.41. The summed E-state index contributed by atoms with van der Waals surface area (Å²) in [6.45, 7) is 2.39. The number of carbonyl (C=O) groups excluding carboxylic acids is 2. The number of rotatable bonds is 17. The second-order valence-electron chi connectivity index (χ2n) is 8.67. The maximum absolute atomic E-state index is 12.6. The Morgan fingerprint density at radius 3 is 2.49 bits per heavy atom. The van der Waals surface area contributed by atoms with Crippen LogP contribution in [0.2, 0.25) is 0 Å². The maximum atomic E-state index is 12.6. The van der Waals surface area contributed by atoms with Crippen LogP contribution in [0.5, 0.6) is 0 Å². The molecule has 9 N–H and O–H groups in total. The molecule has 2 amide bonds. The van der Waals surface area contributed by atoms with E-state index in [1.54, 1.807) is 12.1 Å². The first-order chi connectivity index (χ1) is 19.8. The first-order valence-corrected chi connectivity index (χ1v) is 12.8. The summed E-state index contributed by atoms with van der Waals surface area (Å²) in [4.78, 5) is 63.0. The summed E-state index contributed by atoms with van der Waals surface area (Å²) >= 11 is 0. The van der Waals surface area contributed by atoms with Gasteiger partial charge in [-0.2, -0.15) is 0 Å². The minimum atomic E-state index is -1.25. The highest BCUT2D eigenvalue weighted by Gasteiger charge is 2.21. The summed E-state index contributed by atoms with van der Waals surface area (Å²) in [6.07, 6.45) is 1.22. The van der Waals surface area contributed by atoms with Gasteiger partial charge in [-0.3, -0.25) is 19.4 Å². The number of carbonyl (C=O) groups is 3. The molecule has 0 aliphatic heterocycles. The number of benzene rings is 1. The monoisotopic (exact) mass is 571 g/mol. The zero-order valence-corrected chi connectivity index (χ0v) is 22.2. The molecule has 1 unspecified atom stereocenters. The molecule has 1 atom stereocenters. The Balaban J connectivity index is 1.42. The van der Waals surface area contributed by atoms with Crippen molar-refractivity contribution in [3.05, 3.63) is 52.2 Å². The molecule has 3 aromatic rings. The third-order valence-corrected chi connectivity index (χ3v) is 5.58. The van der Waals surface area contributed by atoms with Crippen LogP contribution in [-0.4, -0.2) is 88.4 Å². The van der Waals surface area contributed by atoms with Gasteiger partial charge in [0.2, 0.25) is 11.9 Å². The highest BCUT2D eigenvalue weighted by atomic mass is 16.5. The van der Waals surface area contributed by atoms with Crippen LogP contribution in [-0.2, 0) is 25.6 Å². The van der Waals surface area contributed by atoms with E-state index in [-0.39, 0.29) is 61.0 Å². The summed E-state index contributed by atoms with van der Waals surface area (Å²) in [7, 11) is 0. The molecule has 16 heteroatoms. The van der Waals surface area contributed by atoms with Crippen LogP contribution in [0.1, 0.15) is 29.0 Å². The van der Waals surface area contributed by atoms with Crippen molar-refractivity contribution in [3.8, 4) is 0 Å². The van der Waals surface area contributed by atoms with Crippen molar-refractivity contribution < 1.29 is 29.0 Å². The van der Waals surface area contributed by atoms with Crippen LogP contribution in [0.4, 0.5) is 11.6 Å². The number of amides is 2. The SMILES string of the molecule is NCCOCCOCCNC(=O)CCC(NC(=O)c1ccc(NCc2ncc3nc(N)[nH]c(=O)c3n2)cc1)C(=O)O. The van der Waals surface area contributed by atoms with Crippen LogP contribution in [0.15, 0.2) is 35.3 Å². The van der Waals surface area contributed by atoms with E-state index in [9.17, 15) is 24.3 Å². The molecule has 0 bridgehead atoms. The number of ether oxygens (including phenoxy) is 2. The highest BCUT2D eigenvalue weighted by Crippen LogP contribution is 2.12. The number of anilines is 2. The number of carboxylic acid groups (broad SMARTS) is 1. The third-order valence-electron chi connectivity index (χ3n) is 5.58. The van der Waals surface area contributed by atoms with Gasteiger partial charge in [-0.05, 0) is 30.7 Å². The van der Waals surface area contributed by atoms with Crippen LogP contribution in [0.3, 0.4) is 0 Å². The topological polar surface area (TPSA) is 250 Å². The second-order valence-corrected chi connectivity index (χ2v) is 8.67. The number of hydrogen-bond acceptors (Lipinski definition) is 12. The minimum Gasteiger partial charge on any atom is -0.480 e. The number of aromatic nitrogens is 4. The number of nitrogens with zero attached hydrogens (tertiary/aromatic N) is 3. The van der Waals surface area contributed by atoms with E-state index in [1.807, 2.05) is 0 Å². The van der Waals surface area contributed by atoms with Gasteiger partial charge in [0.1, 0.15) is 17.4 Å². The molecule has 16 nitrogen and oxygen atoms in total. The van der Waals surface area contributed by atoms with Crippen LogP contribution in [0.25, 0.3) is 11.0 Å². The number of H-pyrrole nitrogens is 1. The number of nitrogens with one attached hydrogen (secondary N) is 4. The van der Waals surface area contributed by atoms with Crippen molar-refractivity contribution in [1.82, 2.24) is 30.6 Å². The smallest absolute Gasteiger partial charge is 0.326 e. The average molecular weight is 572 g/mol. The molecule has 0 aliphatic rings. The molecule has 220 valence electrons. The van der Waals surface area contributed by atoms with Crippen LogP contribution in [0, 0.1) is 0 Å². The van der Waals surface area contributed by atoms with E-state index in [1.165, 1.54) is 18.3 Å². The van der Waals surface area contributed by atoms with Gasteiger partial charge in [0, 0.05) is 30.8 Å². The predicted octanol–water partition coefficient (Wildman–Crippen LogP) is -1.02. The molecule has 0 fully saturated rings. The van der Waals surface area contributed by atoms with Crippen molar-refractivity contribution >= 4 is 40.5 Å². The number of fused-ring (bicyclic) bond motifs is 1. The van der Waals surface area contributed by atoms with Gasteiger partial charge in [-0.1, -0.05) is 0 Å². The van der Waals surface area contributed by atoms with E-state index >= 15 is 0 Å². The first kappa shape index (κ1) is 30.9. The summed E-state index contributed by atoms with van der Waals surface area (Å²) in [5, 5.41) is 17.6. The van der Waals surface area contributed by atoms with Crippen molar-refractivity contribution in [3.63, 3.8) is 0 Å². The first-order valence-electron chi connectivity index (χ1n) is 12.8. The summed E-state index contributed by atoms with van der Waals surface area (Å²) < 4.78 is 10.5. The molecule has 41 heavy (non-hydrogen) atoms. The van der Waals surface area contributed by atoms with Gasteiger partial charge in [-0.15, -0.1) is 0 Å². The number of nitrogens with two attached hydrogens (primary N) is 2. The van der Waals surface area contributed by atoms with E-state index in [0.29, 0.717) is 37.9 Å². The summed E-state index contributed by atoms with van der Waals surface area (Å²) in [5.41, 5.74) is 11.6. The number of aromatic amines is 1. The number of hydrogen-bond donors (Lipinski definition) is 7. The van der Waals surface area contributed by atoms with E-state index < -0.39 is 23.5 Å². The fourth-order valence-electron chi connectivity index (χ4n) is 3.53. The van der Waals surface area contributed by atoms with Crippen LogP contribution >= 0.6 is 0 Å². The lowest BCUT2D eigenvalue weighted by Gasteiger charge is -2.15. The Kier molecular flexibility index (Phi) is 11.9. The zero-order chi connectivity index (χ0) is 29.6. The molecule has 1 aromatic carbocycles. The Bertz CT molecular complexity index is 1380. The molecule has 0 aliphatic carbocycles. The van der Waals surface area contributed by atoms with Gasteiger partial charge >= 0.3 is 5.97 Å². The van der Waals surface area contributed by atoms with Gasteiger partial charge < -0.3 is 42.0 Å². The Morgan fingerprint density at radius 2 is 1.78 bits per heavy atom. The lowest BCUT2D eigenvalue weighted by atomic mass is 10.1. The fourth-order valence-corrected chi connectivity index (χ4v) is 3.53. The van der Waals surface area contributed by atoms with Crippen molar-refractivity contribution in [2.75, 3.05) is 50.6 Å². The van der Waals surface area contributed by atoms with Gasteiger partial charge in [0.25, 0.3) is 11.5 Å². The van der Waals surface area contributed by atoms with Crippen molar-refractivity contribution in [2.24, 2.45) is 5.73 Å². The molecule has 2 heterocycles. The number of aliphatic carboxylic acids is 1. The second kappa shape index (κ2) is 15.8. The molecular formula is C25H33N9O7. The molecule has 0 spiro atoms. The summed E-state index contributed by atoms with van der Waals surface area (Å²) in [6, 6.07) is 5.04. The fraction of sp³-hybridized carbons (Fsp3) is 0.400. The molecular weight excluding hydrogens is 538 g/mol. The Hall–Kier alpha value is -4.67. The largest absolute Gasteiger partial charge is 0.480 e. The number of nitrogen functional groups attached to an aromatic ring is 1. The normalized spacial score (nSPS) is 11.6. The minimum absolute atomic E-state index is 0.0281.